The van der Waals surface area contributed by atoms with E-state index in [4.69, 9.17) is 23.2 Å². The van der Waals surface area contributed by atoms with Crippen LogP contribution >= 0.6 is 23.2 Å². The van der Waals surface area contributed by atoms with Crippen molar-refractivity contribution in [2.24, 2.45) is 5.92 Å². The van der Waals surface area contributed by atoms with E-state index in [1.165, 1.54) is 0 Å². The van der Waals surface area contributed by atoms with E-state index in [-0.39, 0.29) is 41.8 Å². The van der Waals surface area contributed by atoms with Crippen molar-refractivity contribution in [1.29, 1.82) is 0 Å². The quantitative estimate of drug-likeness (QED) is 0.499. The summed E-state index contributed by atoms with van der Waals surface area (Å²) in [6.07, 6.45) is 0.771. The van der Waals surface area contributed by atoms with Crippen molar-refractivity contribution in [1.82, 2.24) is 9.80 Å². The minimum atomic E-state index is -3.04. The first-order chi connectivity index (χ1) is 17.6. The van der Waals surface area contributed by atoms with Crippen LogP contribution < -0.4 is 0 Å². The van der Waals surface area contributed by atoms with E-state index in [9.17, 15) is 23.1 Å². The number of halogens is 2. The summed E-state index contributed by atoms with van der Waals surface area (Å²) in [7, 11) is -3.04. The highest BCUT2D eigenvalue weighted by Crippen LogP contribution is 2.47. The molecule has 2 aromatic rings. The van der Waals surface area contributed by atoms with Gasteiger partial charge in [0.25, 0.3) is 0 Å². The topological polar surface area (TPSA) is 95.0 Å². The number of carbonyl (C=O) groups is 2. The standard InChI is InChI=1S/C27H32Cl2N2O5S/c1-2-23(17-30-10-12-37(35,36)13-11-30)31-26(18-6-8-21(28)9-7-18)24(19-4-3-5-22(29)14-19)15-20(27(31)34)16-25(32)33/h3-9,14,20,23-24,26H,2,10-13,15-17H2,1H3,(H,32,33)/t20-,23+,24-,26-/m1/s1. The number of sulfone groups is 1. The summed E-state index contributed by atoms with van der Waals surface area (Å²) in [5.41, 5.74) is 1.86. The molecule has 200 valence electrons. The number of benzene rings is 2. The number of likely N-dealkylation sites (tertiary alicyclic amines) is 1. The fourth-order valence-corrected chi connectivity index (χ4v) is 7.22. The van der Waals surface area contributed by atoms with E-state index in [1.54, 1.807) is 18.2 Å². The van der Waals surface area contributed by atoms with Gasteiger partial charge in [-0.05, 0) is 48.2 Å². The Hall–Kier alpha value is -2.13. The molecule has 0 aromatic heterocycles. The van der Waals surface area contributed by atoms with E-state index in [0.717, 1.165) is 11.1 Å². The van der Waals surface area contributed by atoms with Crippen LogP contribution in [0, 0.1) is 5.92 Å². The summed E-state index contributed by atoms with van der Waals surface area (Å²) in [5.74, 6) is -1.85. The van der Waals surface area contributed by atoms with Crippen LogP contribution in [-0.4, -0.2) is 72.4 Å². The molecule has 2 aliphatic heterocycles. The molecule has 0 aliphatic carbocycles. The Morgan fingerprint density at radius 3 is 2.32 bits per heavy atom. The number of piperidine rings is 1. The lowest BCUT2D eigenvalue weighted by Gasteiger charge is -2.49. The van der Waals surface area contributed by atoms with Gasteiger partial charge in [-0.15, -0.1) is 0 Å². The van der Waals surface area contributed by atoms with Gasteiger partial charge in [0, 0.05) is 47.6 Å². The zero-order valence-electron chi connectivity index (χ0n) is 20.7. The van der Waals surface area contributed by atoms with Gasteiger partial charge in [0.15, 0.2) is 9.84 Å². The summed E-state index contributed by atoms with van der Waals surface area (Å²) in [6.45, 7) is 3.36. The van der Waals surface area contributed by atoms with Crippen LogP contribution in [0.5, 0.6) is 0 Å². The summed E-state index contributed by atoms with van der Waals surface area (Å²) in [5, 5.41) is 10.8. The molecule has 2 fully saturated rings. The highest BCUT2D eigenvalue weighted by molar-refractivity contribution is 7.91. The Kier molecular flexibility index (Phi) is 8.84. The maximum Gasteiger partial charge on any atom is 0.304 e. The molecule has 2 heterocycles. The Bertz CT molecular complexity index is 1220. The van der Waals surface area contributed by atoms with Crippen molar-refractivity contribution < 1.29 is 23.1 Å². The van der Waals surface area contributed by atoms with E-state index in [2.05, 4.69) is 4.90 Å². The summed E-state index contributed by atoms with van der Waals surface area (Å²) >= 11 is 12.6. The third-order valence-corrected chi connectivity index (χ3v) is 9.60. The average Bonchev–Trinajstić information content (AvgIpc) is 2.85. The van der Waals surface area contributed by atoms with Gasteiger partial charge in [0.1, 0.15) is 0 Å². The second-order valence-electron chi connectivity index (χ2n) is 9.95. The number of hydrogen-bond donors (Lipinski definition) is 1. The first-order valence-electron chi connectivity index (χ1n) is 12.6. The molecule has 0 spiro atoms. The third kappa shape index (κ3) is 6.66. The fraction of sp³-hybridized carbons (Fsp3) is 0.481. The smallest absolute Gasteiger partial charge is 0.304 e. The zero-order chi connectivity index (χ0) is 26.7. The Morgan fingerprint density at radius 1 is 1.05 bits per heavy atom. The number of amides is 1. The molecule has 37 heavy (non-hydrogen) atoms. The van der Waals surface area contributed by atoms with Crippen LogP contribution in [0.25, 0.3) is 0 Å². The Morgan fingerprint density at radius 2 is 1.73 bits per heavy atom. The zero-order valence-corrected chi connectivity index (χ0v) is 23.1. The van der Waals surface area contributed by atoms with Crippen LogP contribution in [0.15, 0.2) is 48.5 Å². The van der Waals surface area contributed by atoms with Crippen molar-refractivity contribution in [3.05, 3.63) is 69.7 Å². The normalized spacial score (nSPS) is 25.1. The van der Waals surface area contributed by atoms with Gasteiger partial charge in [0.2, 0.25) is 5.91 Å². The van der Waals surface area contributed by atoms with E-state index >= 15 is 0 Å². The van der Waals surface area contributed by atoms with Crippen LogP contribution in [0.3, 0.4) is 0 Å². The van der Waals surface area contributed by atoms with Gasteiger partial charge in [-0.3, -0.25) is 14.5 Å². The van der Waals surface area contributed by atoms with Crippen molar-refractivity contribution >= 4 is 44.9 Å². The third-order valence-electron chi connectivity index (χ3n) is 7.50. The summed E-state index contributed by atoms with van der Waals surface area (Å²) in [4.78, 5) is 29.7. The number of carboxylic acid groups (broad SMARTS) is 1. The molecule has 0 radical (unpaired) electrons. The predicted molar refractivity (Wildman–Crippen MR) is 145 cm³/mol. The van der Waals surface area contributed by atoms with E-state index in [0.29, 0.717) is 42.5 Å². The first-order valence-corrected chi connectivity index (χ1v) is 15.1. The summed E-state index contributed by atoms with van der Waals surface area (Å²) < 4.78 is 23.9. The van der Waals surface area contributed by atoms with Crippen molar-refractivity contribution in [3.63, 3.8) is 0 Å². The Balaban J connectivity index is 1.78. The minimum Gasteiger partial charge on any atom is -0.481 e. The SMILES string of the molecule is CC[C@@H](CN1CCS(=O)(=O)CC1)N1C(=O)[C@@H](CC(=O)O)C[C@H](c2cccc(Cl)c2)[C@H]1c1ccc(Cl)cc1. The second-order valence-corrected chi connectivity index (χ2v) is 13.1. The van der Waals surface area contributed by atoms with Crippen molar-refractivity contribution in [3.8, 4) is 0 Å². The van der Waals surface area contributed by atoms with Crippen LogP contribution in [0.2, 0.25) is 10.0 Å². The molecule has 7 nitrogen and oxygen atoms in total. The second kappa shape index (κ2) is 11.7. The highest BCUT2D eigenvalue weighted by Gasteiger charge is 2.46. The van der Waals surface area contributed by atoms with Gasteiger partial charge >= 0.3 is 5.97 Å². The number of nitrogens with zero attached hydrogens (tertiary/aromatic N) is 2. The van der Waals surface area contributed by atoms with E-state index in [1.807, 2.05) is 42.2 Å². The first kappa shape index (κ1) is 27.9. The largest absolute Gasteiger partial charge is 0.481 e. The molecular formula is C27H32Cl2N2O5S. The number of hydrogen-bond acceptors (Lipinski definition) is 5. The molecular weight excluding hydrogens is 535 g/mol. The minimum absolute atomic E-state index is 0.102. The van der Waals surface area contributed by atoms with Crippen LogP contribution in [0.1, 0.15) is 49.3 Å². The molecule has 2 aliphatic rings. The maximum atomic E-state index is 14.0. The van der Waals surface area contributed by atoms with Gasteiger partial charge in [-0.1, -0.05) is 54.4 Å². The van der Waals surface area contributed by atoms with Crippen LogP contribution in [-0.2, 0) is 19.4 Å². The maximum absolute atomic E-state index is 14.0. The summed E-state index contributed by atoms with van der Waals surface area (Å²) in [6, 6.07) is 14.4. The average molecular weight is 568 g/mol. The Labute approximate surface area is 228 Å². The number of carbonyl (C=O) groups excluding carboxylic acids is 1. The highest BCUT2D eigenvalue weighted by atomic mass is 35.5. The van der Waals surface area contributed by atoms with Gasteiger partial charge in [0.05, 0.1) is 24.0 Å². The lowest BCUT2D eigenvalue weighted by Crippen LogP contribution is -2.56. The molecule has 10 heteroatoms. The van der Waals surface area contributed by atoms with Gasteiger partial charge < -0.3 is 10.0 Å². The molecule has 0 unspecified atom stereocenters. The van der Waals surface area contributed by atoms with Gasteiger partial charge in [-0.2, -0.15) is 0 Å². The molecule has 1 amide bonds. The number of carboxylic acids is 1. The van der Waals surface area contributed by atoms with Crippen molar-refractivity contribution in [2.45, 2.75) is 44.2 Å². The van der Waals surface area contributed by atoms with Crippen LogP contribution in [0.4, 0.5) is 0 Å². The molecule has 0 bridgehead atoms. The predicted octanol–water partition coefficient (Wildman–Crippen LogP) is 4.65. The molecule has 4 atom stereocenters. The van der Waals surface area contributed by atoms with E-state index < -0.39 is 21.7 Å². The lowest BCUT2D eigenvalue weighted by atomic mass is 9.74. The molecule has 4 rings (SSSR count). The van der Waals surface area contributed by atoms with Gasteiger partial charge in [-0.25, -0.2) is 8.42 Å². The fourth-order valence-electron chi connectivity index (χ4n) is 5.62. The number of rotatable bonds is 8. The molecule has 2 saturated heterocycles. The molecule has 1 N–H and O–H groups in total. The lowest BCUT2D eigenvalue weighted by molar-refractivity contribution is -0.152. The number of aliphatic carboxylic acids is 1. The molecule has 0 saturated carbocycles. The molecule has 2 aromatic carbocycles. The monoisotopic (exact) mass is 566 g/mol. The van der Waals surface area contributed by atoms with Crippen molar-refractivity contribution in [2.75, 3.05) is 31.1 Å².